The van der Waals surface area contributed by atoms with Crippen molar-refractivity contribution in [2.24, 2.45) is 29.2 Å². The first-order valence-electron chi connectivity index (χ1n) is 26.2. The number of carboxylic acid groups (broad SMARTS) is 2. The first-order chi connectivity index (χ1) is 37.0. The molecule has 1 rings (SSSR count). The lowest BCUT2D eigenvalue weighted by atomic mass is 10.0. The molecular weight excluding hydrogens is 1130 g/mol. The SMILES string of the molecule is CNC(=O)CN(C[C@H](CCC(=O)O)NC(=O)CN(C[C@H](Cc1ccccc1)NC(=O)CN(C[C@H](CC(C)C)NC(=O)CN(C[C@H](CCC(=O)O)NC(C)=O)S(=O)(=O)CCN)S(=O)(=O)CCN)S(=O)(=O)CC(C)C)S(=O)(=O)CC(C)C. The van der Waals surface area contributed by atoms with E-state index in [4.69, 9.17) is 11.5 Å². The molecule has 0 fully saturated rings. The fourth-order valence-electron chi connectivity index (χ4n) is 8.35. The van der Waals surface area contributed by atoms with Crippen LogP contribution in [-0.4, -0.2) is 222 Å². The van der Waals surface area contributed by atoms with Crippen molar-refractivity contribution in [1.82, 2.24) is 43.8 Å². The van der Waals surface area contributed by atoms with E-state index in [-0.39, 0.29) is 44.1 Å². The van der Waals surface area contributed by atoms with Crippen molar-refractivity contribution in [2.45, 2.75) is 111 Å². The van der Waals surface area contributed by atoms with E-state index in [0.29, 0.717) is 5.56 Å². The third-order valence-corrected chi connectivity index (χ3v) is 19.6. The van der Waals surface area contributed by atoms with Crippen LogP contribution in [0.3, 0.4) is 0 Å². The number of carbonyl (C=O) groups is 7. The second-order valence-electron chi connectivity index (χ2n) is 20.8. The van der Waals surface area contributed by atoms with Crippen LogP contribution in [0.15, 0.2) is 30.3 Å². The lowest BCUT2D eigenvalue weighted by Gasteiger charge is -2.31. The summed E-state index contributed by atoms with van der Waals surface area (Å²) in [6.45, 7) is 4.85. The highest BCUT2D eigenvalue weighted by Gasteiger charge is 2.35. The average molecular weight is 1220 g/mol. The van der Waals surface area contributed by atoms with E-state index in [0.717, 1.165) is 24.1 Å². The number of nitrogens with zero attached hydrogens (tertiary/aromatic N) is 4. The fraction of sp³-hybridized carbons (Fsp3) is 0.729. The summed E-state index contributed by atoms with van der Waals surface area (Å²) in [7, 11) is -16.0. The number of amides is 5. The van der Waals surface area contributed by atoms with Gasteiger partial charge in [0.2, 0.25) is 69.6 Å². The molecule has 28 nitrogen and oxygen atoms in total. The van der Waals surface area contributed by atoms with Crippen molar-refractivity contribution in [3.8, 4) is 0 Å². The second kappa shape index (κ2) is 35.2. The first kappa shape index (κ1) is 73.1. The summed E-state index contributed by atoms with van der Waals surface area (Å²) in [6, 6.07) is 3.88. The maximum absolute atomic E-state index is 14.3. The number of hydrogen-bond acceptors (Lipinski definition) is 17. The Kier molecular flexibility index (Phi) is 32.1. The van der Waals surface area contributed by atoms with Crippen LogP contribution in [-0.2, 0) is 80.1 Å². The summed E-state index contributed by atoms with van der Waals surface area (Å²) >= 11 is 0. The van der Waals surface area contributed by atoms with Gasteiger partial charge in [0, 0.05) is 90.2 Å². The number of hydrogen-bond donors (Lipinski definition) is 9. The van der Waals surface area contributed by atoms with Gasteiger partial charge in [-0.15, -0.1) is 0 Å². The number of likely N-dealkylation sites (N-methyl/N-ethyl adjacent to an activating group) is 1. The normalized spacial score (nSPS) is 14.1. The van der Waals surface area contributed by atoms with E-state index in [1.807, 2.05) is 0 Å². The number of carboxylic acids is 2. The summed E-state index contributed by atoms with van der Waals surface area (Å²) in [5, 5.41) is 31.6. The van der Waals surface area contributed by atoms with Gasteiger partial charge in [0.15, 0.2) is 0 Å². The number of nitrogens with two attached hydrogens (primary N) is 2. The molecule has 0 heterocycles. The number of sulfonamides is 4. The molecule has 0 saturated carbocycles. The predicted molar refractivity (Wildman–Crippen MR) is 300 cm³/mol. The lowest BCUT2D eigenvalue weighted by Crippen LogP contribution is -2.55. The summed E-state index contributed by atoms with van der Waals surface area (Å²) in [6.07, 6.45) is -1.51. The quantitative estimate of drug-likeness (QED) is 0.0326. The predicted octanol–water partition coefficient (Wildman–Crippen LogP) is -2.53. The van der Waals surface area contributed by atoms with Gasteiger partial charge in [-0.1, -0.05) is 71.9 Å². The van der Waals surface area contributed by atoms with Crippen molar-refractivity contribution in [3.63, 3.8) is 0 Å². The molecular formula is C48H87N11O17S4. The number of aliphatic carboxylic acids is 2. The van der Waals surface area contributed by atoms with Crippen LogP contribution in [0.1, 0.15) is 86.1 Å². The molecule has 5 amide bonds. The summed E-state index contributed by atoms with van der Waals surface area (Å²) < 4.78 is 113. The number of carbonyl (C=O) groups excluding carboxylic acids is 5. The zero-order valence-corrected chi connectivity index (χ0v) is 50.4. The third-order valence-electron chi connectivity index (χ3n) is 11.7. The summed E-state index contributed by atoms with van der Waals surface area (Å²) in [5.41, 5.74) is 11.9. The second-order valence-corrected chi connectivity index (χ2v) is 29.0. The maximum Gasteiger partial charge on any atom is 0.303 e. The molecule has 0 aromatic heterocycles. The zero-order chi connectivity index (χ0) is 61.2. The third kappa shape index (κ3) is 29.7. The van der Waals surface area contributed by atoms with E-state index in [2.05, 4.69) is 26.6 Å². The molecule has 4 atom stereocenters. The molecule has 0 unspecified atom stereocenters. The molecule has 0 bridgehead atoms. The van der Waals surface area contributed by atoms with Crippen LogP contribution in [0, 0.1) is 17.8 Å². The van der Waals surface area contributed by atoms with Gasteiger partial charge in [0.25, 0.3) is 0 Å². The summed E-state index contributed by atoms with van der Waals surface area (Å²) in [4.78, 5) is 89.8. The molecule has 0 spiro atoms. The smallest absolute Gasteiger partial charge is 0.303 e. The van der Waals surface area contributed by atoms with E-state index >= 15 is 0 Å². The highest BCUT2D eigenvalue weighted by Crippen LogP contribution is 2.16. The minimum Gasteiger partial charge on any atom is -0.481 e. The van der Waals surface area contributed by atoms with Crippen LogP contribution in [0.2, 0.25) is 0 Å². The first-order valence-corrected chi connectivity index (χ1v) is 32.6. The Balaban J connectivity index is 3.80. The molecule has 1 aromatic rings. The molecule has 11 N–H and O–H groups in total. The van der Waals surface area contributed by atoms with Crippen molar-refractivity contribution < 1.29 is 77.4 Å². The van der Waals surface area contributed by atoms with E-state index in [1.54, 1.807) is 71.9 Å². The van der Waals surface area contributed by atoms with E-state index < -0.39 is 206 Å². The van der Waals surface area contributed by atoms with Crippen LogP contribution in [0.25, 0.3) is 0 Å². The van der Waals surface area contributed by atoms with Crippen molar-refractivity contribution in [1.29, 1.82) is 0 Å². The van der Waals surface area contributed by atoms with Crippen LogP contribution in [0.5, 0.6) is 0 Å². The van der Waals surface area contributed by atoms with Gasteiger partial charge >= 0.3 is 11.9 Å². The minimum atomic E-state index is -4.42. The molecule has 0 aliphatic carbocycles. The molecule has 32 heteroatoms. The van der Waals surface area contributed by atoms with E-state index in [9.17, 15) is 77.4 Å². The Bertz CT molecular complexity index is 2630. The van der Waals surface area contributed by atoms with Crippen molar-refractivity contribution >= 4 is 81.6 Å². The van der Waals surface area contributed by atoms with Gasteiger partial charge in [0.1, 0.15) is 0 Å². The largest absolute Gasteiger partial charge is 0.481 e. The van der Waals surface area contributed by atoms with Crippen molar-refractivity contribution in [2.75, 3.05) is 95.5 Å². The Morgan fingerprint density at radius 3 is 1.21 bits per heavy atom. The number of rotatable bonds is 42. The molecule has 460 valence electrons. The Labute approximate surface area is 472 Å². The maximum atomic E-state index is 14.3. The van der Waals surface area contributed by atoms with Crippen LogP contribution in [0.4, 0.5) is 0 Å². The van der Waals surface area contributed by atoms with Crippen LogP contribution < -0.4 is 38.1 Å². The van der Waals surface area contributed by atoms with Crippen LogP contribution >= 0.6 is 0 Å². The topological polar surface area (TPSA) is 422 Å². The van der Waals surface area contributed by atoms with Gasteiger partial charge in [-0.05, 0) is 49.0 Å². The number of nitrogens with one attached hydrogen (secondary N) is 5. The Morgan fingerprint density at radius 2 is 0.850 bits per heavy atom. The van der Waals surface area contributed by atoms with Crippen molar-refractivity contribution in [3.05, 3.63) is 35.9 Å². The highest BCUT2D eigenvalue weighted by molar-refractivity contribution is 7.90. The standard InChI is InChI=1S/C48H87N11O17S4/c1-34(2)22-41(54-45(63)29-56(77(69,70)20-18-49)24-39(52-37(7)60)14-16-47(65)66)26-57(78(71,72)21-19-50)30-46(64)55-42(23-38-12-10-9-11-13-38)27-59(80(75,76)33-36(5)6)31-44(62)53-40(15-17-48(67)68)25-58(28-43(61)51-8)79(73,74)32-35(3)4/h9-13,34-36,39-42H,14-33,49-50H2,1-8H3,(H,51,61)(H,52,60)(H,53,62)(H,54,63)(H,55,64)(H,65,66)(H,67,68)/t39-,40-,41-,42-/m0/s1. The molecule has 1 aromatic carbocycles. The zero-order valence-electron chi connectivity index (χ0n) is 47.2. The molecule has 0 aliphatic heterocycles. The van der Waals surface area contributed by atoms with E-state index in [1.165, 1.54) is 7.05 Å². The average Bonchev–Trinajstić information content (AvgIpc) is 3.30. The summed E-state index contributed by atoms with van der Waals surface area (Å²) in [5.74, 6) is -9.95. The van der Waals surface area contributed by atoms with Gasteiger partial charge in [-0.3, -0.25) is 33.6 Å². The Hall–Kier alpha value is -4.93. The molecule has 0 aliphatic rings. The molecule has 80 heavy (non-hydrogen) atoms. The molecule has 0 radical (unpaired) electrons. The minimum absolute atomic E-state index is 0.0739. The van der Waals surface area contributed by atoms with Gasteiger partial charge in [0.05, 0.1) is 49.2 Å². The lowest BCUT2D eigenvalue weighted by molar-refractivity contribution is -0.138. The molecule has 0 saturated heterocycles. The number of benzene rings is 1. The Morgan fingerprint density at radius 1 is 0.500 bits per heavy atom. The highest BCUT2D eigenvalue weighted by atomic mass is 32.2. The monoisotopic (exact) mass is 1220 g/mol. The van der Waals surface area contributed by atoms with Gasteiger partial charge in [-0.2, -0.15) is 17.2 Å². The van der Waals surface area contributed by atoms with Gasteiger partial charge < -0.3 is 48.3 Å². The van der Waals surface area contributed by atoms with Gasteiger partial charge in [-0.25, -0.2) is 33.7 Å². The fourth-order valence-corrected chi connectivity index (χ4v) is 14.4.